The van der Waals surface area contributed by atoms with Crippen LogP contribution in [0.15, 0.2) is 0 Å². The molecule has 0 aliphatic heterocycles. The fourth-order valence-corrected chi connectivity index (χ4v) is 0. The fraction of sp³-hybridized carbons (Fsp3) is 0.600. The predicted octanol–water partition coefficient (Wildman–Crippen LogP) is 1.92. The largest absolute Gasteiger partial charge is 0.358 e. The minimum atomic E-state index is 0. The Bertz CT molecular complexity index is 12.8. The Balaban J connectivity index is -0.0000000150. The van der Waals surface area contributed by atoms with E-state index >= 15 is 0 Å². The van der Waals surface area contributed by atoms with E-state index in [1.807, 2.05) is 0 Å². The Morgan fingerprint density at radius 2 is 1.29 bits per heavy atom. The summed E-state index contributed by atoms with van der Waals surface area (Å²) in [4.78, 5) is 0. The van der Waals surface area contributed by atoms with Crippen LogP contribution in [0.25, 0.3) is 0 Å². The fourth-order valence-electron chi connectivity index (χ4n) is 0. The average Bonchev–Trinajstić information content (AvgIpc) is 0.811. The van der Waals surface area contributed by atoms with Gasteiger partial charge in [-0.05, 0) is 0 Å². The van der Waals surface area contributed by atoms with E-state index < -0.39 is 0 Å². The van der Waals surface area contributed by atoms with E-state index in [0.29, 0.717) is 5.92 Å². The SMILES string of the molecule is [CH2-]C(C)C.[CH3-].[U].[W]. The van der Waals surface area contributed by atoms with E-state index in [0.717, 1.165) is 0 Å². The molecule has 0 bridgehead atoms. The standard InChI is InChI=1S/C4H9.CH3.U.W/c1-4(2)3;;;/h4H,1H2,2-3H3;1H3;;/q2*-1;;. The van der Waals surface area contributed by atoms with Crippen LogP contribution in [0.5, 0.6) is 0 Å². The van der Waals surface area contributed by atoms with Gasteiger partial charge in [-0.2, -0.15) is 5.92 Å². The second-order valence-electron chi connectivity index (χ2n) is 1.39. The van der Waals surface area contributed by atoms with Crippen molar-refractivity contribution in [1.29, 1.82) is 0 Å². The molecule has 0 nitrogen and oxygen atoms in total. The normalized spacial score (nSPS) is 5.14. The summed E-state index contributed by atoms with van der Waals surface area (Å²) < 4.78 is 0. The Hall–Kier alpha value is 1.74. The molecule has 0 aromatic rings. The zero-order valence-electron chi connectivity index (χ0n) is 5.19. The van der Waals surface area contributed by atoms with Crippen LogP contribution >= 0.6 is 0 Å². The zero-order valence-corrected chi connectivity index (χ0v) is 12.3. The molecule has 7 heavy (non-hydrogen) atoms. The molecule has 0 radical (unpaired) electrons. The van der Waals surface area contributed by atoms with Crippen LogP contribution in [0.4, 0.5) is 0 Å². The van der Waals surface area contributed by atoms with E-state index in [4.69, 9.17) is 0 Å². The smallest absolute Gasteiger partial charge is 0 e. The van der Waals surface area contributed by atoms with Crippen LogP contribution in [-0.2, 0) is 21.1 Å². The van der Waals surface area contributed by atoms with E-state index in [-0.39, 0.29) is 59.6 Å². The van der Waals surface area contributed by atoms with Crippen molar-refractivity contribution in [2.75, 3.05) is 0 Å². The first-order chi connectivity index (χ1) is 1.73. The van der Waals surface area contributed by atoms with E-state index in [1.165, 1.54) is 0 Å². The monoisotopic (exact) mass is 494 g/mol. The molecule has 0 spiro atoms. The van der Waals surface area contributed by atoms with Gasteiger partial charge >= 0.3 is 0 Å². The summed E-state index contributed by atoms with van der Waals surface area (Å²) in [6, 6.07) is 0. The van der Waals surface area contributed by atoms with Gasteiger partial charge in [0, 0.05) is 52.2 Å². The molecule has 0 aliphatic carbocycles. The molecule has 0 amide bonds. The van der Waals surface area contributed by atoms with Gasteiger partial charge in [0.25, 0.3) is 0 Å². The summed E-state index contributed by atoms with van der Waals surface area (Å²) in [7, 11) is 0. The first-order valence-electron chi connectivity index (χ1n) is 1.56. The summed E-state index contributed by atoms with van der Waals surface area (Å²) >= 11 is 0. The van der Waals surface area contributed by atoms with Crippen molar-refractivity contribution in [2.45, 2.75) is 13.8 Å². The van der Waals surface area contributed by atoms with Crippen LogP contribution in [0.1, 0.15) is 13.8 Å². The van der Waals surface area contributed by atoms with Gasteiger partial charge in [0.05, 0.1) is 0 Å². The number of hydrogen-bond donors (Lipinski definition) is 0. The van der Waals surface area contributed by atoms with Crippen LogP contribution < -0.4 is 0 Å². The average molecular weight is 494 g/mol. The molecule has 0 fully saturated rings. The summed E-state index contributed by atoms with van der Waals surface area (Å²) in [6.45, 7) is 7.75. The second kappa shape index (κ2) is 15.6. The van der Waals surface area contributed by atoms with Gasteiger partial charge in [-0.3, -0.25) is 0 Å². The van der Waals surface area contributed by atoms with Crippen molar-refractivity contribution in [2.24, 2.45) is 5.92 Å². The third kappa shape index (κ3) is 84.2. The molecular weight excluding hydrogens is 482 g/mol. The van der Waals surface area contributed by atoms with Gasteiger partial charge < -0.3 is 14.4 Å². The molecule has 2 heteroatoms. The van der Waals surface area contributed by atoms with Gasteiger partial charge in [-0.15, -0.1) is 0 Å². The van der Waals surface area contributed by atoms with Crippen molar-refractivity contribution < 1.29 is 52.2 Å². The minimum Gasteiger partial charge on any atom is -0.358 e. The van der Waals surface area contributed by atoms with Gasteiger partial charge in [0.2, 0.25) is 0 Å². The summed E-state index contributed by atoms with van der Waals surface area (Å²) in [6.07, 6.45) is 0. The first kappa shape index (κ1) is 23.3. The van der Waals surface area contributed by atoms with Crippen LogP contribution in [0.3, 0.4) is 0 Å². The maximum absolute atomic E-state index is 3.64. The van der Waals surface area contributed by atoms with Gasteiger partial charge in [-0.25, -0.2) is 0 Å². The van der Waals surface area contributed by atoms with Crippen molar-refractivity contribution in [1.82, 2.24) is 0 Å². The molecule has 0 N–H and O–H groups in total. The Morgan fingerprint density at radius 1 is 1.29 bits per heavy atom. The van der Waals surface area contributed by atoms with E-state index in [9.17, 15) is 0 Å². The first-order valence-corrected chi connectivity index (χ1v) is 1.56. The minimum absolute atomic E-state index is 0. The molecule has 0 atom stereocenters. The van der Waals surface area contributed by atoms with Gasteiger partial charge in [0.15, 0.2) is 0 Å². The van der Waals surface area contributed by atoms with Crippen molar-refractivity contribution >= 4 is 0 Å². The second-order valence-corrected chi connectivity index (χ2v) is 1.39. The number of hydrogen-bond acceptors (Lipinski definition) is 0. The quantitative estimate of drug-likeness (QED) is 0.452. The molecule has 0 aliphatic rings. The molecule has 44 valence electrons. The van der Waals surface area contributed by atoms with Crippen molar-refractivity contribution in [3.8, 4) is 0 Å². The molecule has 0 aromatic carbocycles. The summed E-state index contributed by atoms with van der Waals surface area (Å²) in [5.74, 6) is 0.583. The van der Waals surface area contributed by atoms with Gasteiger partial charge in [0.1, 0.15) is 0 Å². The zero-order chi connectivity index (χ0) is 3.58. The number of rotatable bonds is 0. The molecule has 0 unspecified atom stereocenters. The maximum Gasteiger partial charge on any atom is 0 e. The van der Waals surface area contributed by atoms with Crippen molar-refractivity contribution in [3.05, 3.63) is 14.4 Å². The molecule has 0 aromatic heterocycles. The van der Waals surface area contributed by atoms with Gasteiger partial charge in [-0.1, -0.05) is 13.8 Å². The Morgan fingerprint density at radius 3 is 1.29 bits per heavy atom. The van der Waals surface area contributed by atoms with Crippen LogP contribution in [0, 0.1) is 51.4 Å². The Labute approximate surface area is 85.5 Å². The summed E-state index contributed by atoms with van der Waals surface area (Å²) in [5.41, 5.74) is 0. The van der Waals surface area contributed by atoms with E-state index in [1.54, 1.807) is 0 Å². The van der Waals surface area contributed by atoms with E-state index in [2.05, 4.69) is 20.8 Å². The molecule has 0 saturated carbocycles. The van der Waals surface area contributed by atoms with Crippen LogP contribution in [-0.4, -0.2) is 0 Å². The third-order valence-corrected chi connectivity index (χ3v) is 0. The third-order valence-electron chi connectivity index (χ3n) is 0. The summed E-state index contributed by atoms with van der Waals surface area (Å²) in [5, 5.41) is 0. The van der Waals surface area contributed by atoms with Crippen molar-refractivity contribution in [3.63, 3.8) is 0 Å². The van der Waals surface area contributed by atoms with Crippen LogP contribution in [0.2, 0.25) is 0 Å². The topological polar surface area (TPSA) is 0 Å². The Kier molecular flexibility index (Phi) is 52.1. The maximum atomic E-state index is 3.64. The predicted molar refractivity (Wildman–Crippen MR) is 26.6 cm³/mol. The molecule has 0 saturated heterocycles. The molecule has 0 heterocycles. The molecule has 0 rings (SSSR count). The molecular formula is C5H12UW-2.